The van der Waals surface area contributed by atoms with Gasteiger partial charge in [0.2, 0.25) is 0 Å². The lowest BCUT2D eigenvalue weighted by atomic mass is 9.83. The van der Waals surface area contributed by atoms with E-state index in [-0.39, 0.29) is 0 Å². The van der Waals surface area contributed by atoms with Crippen molar-refractivity contribution in [2.75, 3.05) is 13.6 Å². The molecule has 1 atom stereocenters. The van der Waals surface area contributed by atoms with E-state index < -0.39 is 5.60 Å². The van der Waals surface area contributed by atoms with Crippen molar-refractivity contribution < 1.29 is 5.11 Å². The molecule has 3 rings (SSSR count). The van der Waals surface area contributed by atoms with E-state index in [0.717, 1.165) is 27.3 Å². The number of hydrogen-bond acceptors (Lipinski definition) is 4. The number of benzene rings is 2. The second kappa shape index (κ2) is 5.53. The molecule has 4 heteroatoms. The average molecular weight is 296 g/mol. The first-order valence-electron chi connectivity index (χ1n) is 6.82. The number of fused-ring (bicyclic) bond motifs is 2. The molecule has 106 valence electrons. The zero-order valence-electron chi connectivity index (χ0n) is 11.8. The lowest BCUT2D eigenvalue weighted by molar-refractivity contribution is 0.0792. The van der Waals surface area contributed by atoms with Crippen molar-refractivity contribution in [3.05, 3.63) is 64.7 Å². The summed E-state index contributed by atoms with van der Waals surface area (Å²) in [5.41, 5.74) is 2.27. The molecule has 0 spiro atoms. The third kappa shape index (κ3) is 2.34. The molecule has 2 N–H and O–H groups in total. The summed E-state index contributed by atoms with van der Waals surface area (Å²) in [6, 6.07) is 15.7. The van der Waals surface area contributed by atoms with Crippen molar-refractivity contribution in [2.24, 2.45) is 0 Å². The smallest absolute Gasteiger partial charge is 0.128 e. The topological polar surface area (TPSA) is 56.0 Å². The predicted molar refractivity (Wildman–Crippen MR) is 84.1 cm³/mol. The van der Waals surface area contributed by atoms with Gasteiger partial charge in [-0.2, -0.15) is 5.26 Å². The van der Waals surface area contributed by atoms with E-state index in [1.807, 2.05) is 49.5 Å². The molecule has 21 heavy (non-hydrogen) atoms. The van der Waals surface area contributed by atoms with Gasteiger partial charge in [0.05, 0.1) is 11.6 Å². The number of rotatable bonds is 2. The van der Waals surface area contributed by atoms with Crippen LogP contribution in [0.15, 0.2) is 47.4 Å². The van der Waals surface area contributed by atoms with Crippen LogP contribution in [0.5, 0.6) is 0 Å². The van der Waals surface area contributed by atoms with Crippen LogP contribution in [0.4, 0.5) is 0 Å². The molecule has 0 bridgehead atoms. The van der Waals surface area contributed by atoms with Gasteiger partial charge in [-0.25, -0.2) is 0 Å². The molecule has 0 fully saturated rings. The Morgan fingerprint density at radius 2 is 2.10 bits per heavy atom. The highest BCUT2D eigenvalue weighted by molar-refractivity contribution is 7.98. The van der Waals surface area contributed by atoms with Crippen molar-refractivity contribution >= 4 is 11.8 Å². The van der Waals surface area contributed by atoms with Crippen LogP contribution < -0.4 is 5.32 Å². The highest BCUT2D eigenvalue weighted by atomic mass is 32.2. The quantitative estimate of drug-likeness (QED) is 0.894. The van der Waals surface area contributed by atoms with Crippen molar-refractivity contribution in [2.45, 2.75) is 16.2 Å². The average Bonchev–Trinajstić information content (AvgIpc) is 2.64. The van der Waals surface area contributed by atoms with Crippen LogP contribution >= 0.6 is 11.8 Å². The minimum atomic E-state index is -1.11. The van der Waals surface area contributed by atoms with E-state index in [2.05, 4.69) is 11.4 Å². The lowest BCUT2D eigenvalue weighted by Gasteiger charge is -2.30. The monoisotopic (exact) mass is 296 g/mol. The number of nitrogens with zero attached hydrogens (tertiary/aromatic N) is 1. The van der Waals surface area contributed by atoms with Crippen LogP contribution in [-0.2, 0) is 11.4 Å². The van der Waals surface area contributed by atoms with Crippen LogP contribution in [0.2, 0.25) is 0 Å². The summed E-state index contributed by atoms with van der Waals surface area (Å²) >= 11 is 1.72. The molecule has 0 saturated heterocycles. The highest BCUT2D eigenvalue weighted by Gasteiger charge is 2.37. The number of likely N-dealkylation sites (N-methyl/N-ethyl adjacent to an activating group) is 1. The molecule has 1 heterocycles. The molecule has 1 aliphatic heterocycles. The Kier molecular flexibility index (Phi) is 3.73. The molecule has 2 aromatic rings. The molecular weight excluding hydrogens is 280 g/mol. The third-order valence-electron chi connectivity index (χ3n) is 3.83. The van der Waals surface area contributed by atoms with Crippen LogP contribution in [-0.4, -0.2) is 18.7 Å². The fourth-order valence-electron chi connectivity index (χ4n) is 2.84. The summed E-state index contributed by atoms with van der Waals surface area (Å²) in [5, 5.41) is 23.6. The largest absolute Gasteiger partial charge is 0.379 e. The Balaban J connectivity index is 2.27. The second-order valence-electron chi connectivity index (χ2n) is 5.16. The summed E-state index contributed by atoms with van der Waals surface area (Å²) in [5.74, 6) is 0.796. The van der Waals surface area contributed by atoms with Gasteiger partial charge in [-0.3, -0.25) is 0 Å². The van der Waals surface area contributed by atoms with Gasteiger partial charge in [0, 0.05) is 22.8 Å². The Hall–Kier alpha value is -1.80. The number of thioether (sulfide) groups is 1. The van der Waals surface area contributed by atoms with Gasteiger partial charge in [-0.1, -0.05) is 24.3 Å². The van der Waals surface area contributed by atoms with Crippen molar-refractivity contribution in [1.82, 2.24) is 5.32 Å². The van der Waals surface area contributed by atoms with Gasteiger partial charge in [0.1, 0.15) is 5.60 Å². The number of nitriles is 1. The molecule has 0 aromatic heterocycles. The first-order chi connectivity index (χ1) is 10.2. The van der Waals surface area contributed by atoms with Crippen LogP contribution in [0, 0.1) is 11.3 Å². The van der Waals surface area contributed by atoms with Crippen molar-refractivity contribution in [3.8, 4) is 6.07 Å². The minimum absolute atomic E-state index is 0.409. The lowest BCUT2D eigenvalue weighted by Crippen LogP contribution is -2.38. The summed E-state index contributed by atoms with van der Waals surface area (Å²) < 4.78 is 0. The number of nitrogens with one attached hydrogen (secondary N) is 1. The Morgan fingerprint density at radius 3 is 2.86 bits per heavy atom. The molecule has 0 aliphatic carbocycles. The van der Waals surface area contributed by atoms with Gasteiger partial charge in [0.25, 0.3) is 0 Å². The number of aliphatic hydroxyl groups is 1. The second-order valence-corrected chi connectivity index (χ2v) is 6.18. The van der Waals surface area contributed by atoms with Gasteiger partial charge in [-0.15, -0.1) is 11.8 Å². The van der Waals surface area contributed by atoms with Crippen LogP contribution in [0.1, 0.15) is 22.3 Å². The molecule has 1 aliphatic rings. The zero-order chi connectivity index (χ0) is 14.9. The van der Waals surface area contributed by atoms with E-state index in [4.69, 9.17) is 5.26 Å². The standard InChI is InChI=1S/C17H16N2OS/c1-19-11-17(20)14-4-2-3-5-16(14)21-10-13-7-6-12(9-18)8-15(13)17/h2-8,19-20H,10-11H2,1H3. The fraction of sp³-hybridized carbons (Fsp3) is 0.235. The van der Waals surface area contributed by atoms with Gasteiger partial charge in [0.15, 0.2) is 0 Å². The van der Waals surface area contributed by atoms with E-state index in [1.165, 1.54) is 0 Å². The Labute approximate surface area is 128 Å². The van der Waals surface area contributed by atoms with Crippen LogP contribution in [0.3, 0.4) is 0 Å². The van der Waals surface area contributed by atoms with Gasteiger partial charge in [-0.05, 0) is 36.4 Å². The Morgan fingerprint density at radius 1 is 1.29 bits per heavy atom. The first-order valence-corrected chi connectivity index (χ1v) is 7.80. The van der Waals surface area contributed by atoms with E-state index in [9.17, 15) is 5.11 Å². The fourth-order valence-corrected chi connectivity index (χ4v) is 3.97. The molecule has 0 amide bonds. The molecule has 0 saturated carbocycles. The molecule has 2 aromatic carbocycles. The maximum absolute atomic E-state index is 11.4. The van der Waals surface area contributed by atoms with Crippen molar-refractivity contribution in [3.63, 3.8) is 0 Å². The normalized spacial score (nSPS) is 20.0. The molecule has 3 nitrogen and oxygen atoms in total. The first kappa shape index (κ1) is 14.2. The zero-order valence-corrected chi connectivity index (χ0v) is 12.6. The molecule has 0 radical (unpaired) electrons. The predicted octanol–water partition coefficient (Wildman–Crippen LogP) is 2.62. The van der Waals surface area contributed by atoms with E-state index in [0.29, 0.717) is 12.1 Å². The SMILES string of the molecule is CNCC1(O)c2cc(C#N)ccc2CSc2ccccc21. The van der Waals surface area contributed by atoms with E-state index >= 15 is 0 Å². The summed E-state index contributed by atoms with van der Waals surface area (Å²) in [4.78, 5) is 1.09. The van der Waals surface area contributed by atoms with Crippen LogP contribution in [0.25, 0.3) is 0 Å². The third-order valence-corrected chi connectivity index (χ3v) is 4.96. The number of hydrogen-bond donors (Lipinski definition) is 2. The Bertz CT molecular complexity index is 723. The van der Waals surface area contributed by atoms with Gasteiger partial charge < -0.3 is 10.4 Å². The molecule has 1 unspecified atom stereocenters. The van der Waals surface area contributed by atoms with Gasteiger partial charge >= 0.3 is 0 Å². The van der Waals surface area contributed by atoms with E-state index in [1.54, 1.807) is 11.8 Å². The molecular formula is C17H16N2OS. The summed E-state index contributed by atoms with van der Waals surface area (Å²) in [7, 11) is 1.83. The maximum atomic E-state index is 11.4. The summed E-state index contributed by atoms with van der Waals surface area (Å²) in [6.07, 6.45) is 0. The van der Waals surface area contributed by atoms with Crippen molar-refractivity contribution in [1.29, 1.82) is 5.26 Å². The maximum Gasteiger partial charge on any atom is 0.128 e. The highest BCUT2D eigenvalue weighted by Crippen LogP contribution is 2.43. The summed E-state index contributed by atoms with van der Waals surface area (Å²) in [6.45, 7) is 0.409. The minimum Gasteiger partial charge on any atom is -0.379 e.